The molecule has 1 heterocycles. The van der Waals surface area contributed by atoms with E-state index >= 15 is 0 Å². The van der Waals surface area contributed by atoms with Gasteiger partial charge in [-0.15, -0.1) is 0 Å². The standard InChI is InChI=1S/C20H17N3O3/c24-19(23-15-7-8-15)18(13-4-2-1-3-5-13)26-20(25)14-6-9-16-17(12-14)22-11-10-21-16/h1-6,9-12,15,18H,7-8H2,(H,23,24)/t18-/m0/s1. The second-order valence-electron chi connectivity index (χ2n) is 6.24. The molecule has 0 spiro atoms. The summed E-state index contributed by atoms with van der Waals surface area (Å²) in [6.07, 6.45) is 4.10. The molecule has 1 aromatic heterocycles. The minimum Gasteiger partial charge on any atom is -0.444 e. The molecule has 26 heavy (non-hydrogen) atoms. The molecule has 1 aliphatic carbocycles. The molecule has 6 nitrogen and oxygen atoms in total. The highest BCUT2D eigenvalue weighted by molar-refractivity contribution is 5.95. The van der Waals surface area contributed by atoms with E-state index in [9.17, 15) is 9.59 Å². The molecule has 1 N–H and O–H groups in total. The van der Waals surface area contributed by atoms with Gasteiger partial charge >= 0.3 is 5.97 Å². The molecule has 1 fully saturated rings. The molecule has 130 valence electrons. The summed E-state index contributed by atoms with van der Waals surface area (Å²) in [5.41, 5.74) is 2.26. The van der Waals surface area contributed by atoms with Crippen LogP contribution in [0.3, 0.4) is 0 Å². The number of hydrogen-bond acceptors (Lipinski definition) is 5. The molecule has 1 saturated carbocycles. The largest absolute Gasteiger partial charge is 0.444 e. The van der Waals surface area contributed by atoms with Gasteiger partial charge in [0.05, 0.1) is 16.6 Å². The third-order valence-electron chi connectivity index (χ3n) is 4.19. The van der Waals surface area contributed by atoms with Gasteiger partial charge < -0.3 is 10.1 Å². The summed E-state index contributed by atoms with van der Waals surface area (Å²) in [6.45, 7) is 0. The molecule has 0 radical (unpaired) electrons. The number of benzene rings is 2. The zero-order chi connectivity index (χ0) is 17.9. The number of hydrogen-bond donors (Lipinski definition) is 1. The van der Waals surface area contributed by atoms with Crippen molar-refractivity contribution in [3.05, 3.63) is 72.1 Å². The molecule has 1 atom stereocenters. The van der Waals surface area contributed by atoms with E-state index in [0.29, 0.717) is 22.2 Å². The van der Waals surface area contributed by atoms with Crippen molar-refractivity contribution < 1.29 is 14.3 Å². The molecule has 6 heteroatoms. The first-order chi connectivity index (χ1) is 12.7. The van der Waals surface area contributed by atoms with Crippen molar-refractivity contribution in [1.82, 2.24) is 15.3 Å². The van der Waals surface area contributed by atoms with Gasteiger partial charge in [-0.1, -0.05) is 30.3 Å². The molecule has 4 rings (SSSR count). The summed E-state index contributed by atoms with van der Waals surface area (Å²) in [7, 11) is 0. The molecule has 3 aromatic rings. The van der Waals surface area contributed by atoms with Gasteiger partial charge in [0.2, 0.25) is 6.10 Å². The van der Waals surface area contributed by atoms with Gasteiger partial charge in [-0.25, -0.2) is 4.79 Å². The maximum Gasteiger partial charge on any atom is 0.339 e. The van der Waals surface area contributed by atoms with Crippen molar-refractivity contribution in [2.45, 2.75) is 25.0 Å². The van der Waals surface area contributed by atoms with E-state index in [-0.39, 0.29) is 11.9 Å². The zero-order valence-electron chi connectivity index (χ0n) is 14.0. The van der Waals surface area contributed by atoms with Crippen molar-refractivity contribution in [2.75, 3.05) is 0 Å². The van der Waals surface area contributed by atoms with Gasteiger partial charge in [0, 0.05) is 24.0 Å². The van der Waals surface area contributed by atoms with Crippen LogP contribution in [0.4, 0.5) is 0 Å². The average molecular weight is 347 g/mol. The topological polar surface area (TPSA) is 81.2 Å². The Hall–Kier alpha value is -3.28. The first-order valence-electron chi connectivity index (χ1n) is 8.48. The summed E-state index contributed by atoms with van der Waals surface area (Å²) >= 11 is 0. The highest BCUT2D eigenvalue weighted by atomic mass is 16.5. The lowest BCUT2D eigenvalue weighted by Crippen LogP contribution is -2.33. The van der Waals surface area contributed by atoms with Crippen molar-refractivity contribution in [1.29, 1.82) is 0 Å². The van der Waals surface area contributed by atoms with Crippen LogP contribution in [0, 0.1) is 0 Å². The van der Waals surface area contributed by atoms with Gasteiger partial charge in [-0.05, 0) is 31.0 Å². The van der Waals surface area contributed by atoms with Crippen molar-refractivity contribution in [2.24, 2.45) is 0 Å². The second kappa shape index (κ2) is 6.92. The molecule has 1 aliphatic rings. The minimum atomic E-state index is -0.984. The fourth-order valence-corrected chi connectivity index (χ4v) is 2.67. The third-order valence-corrected chi connectivity index (χ3v) is 4.19. The Bertz CT molecular complexity index is 955. The number of nitrogens with one attached hydrogen (secondary N) is 1. The van der Waals surface area contributed by atoms with Crippen LogP contribution in [0.1, 0.15) is 34.9 Å². The summed E-state index contributed by atoms with van der Waals surface area (Å²) in [4.78, 5) is 33.6. The Labute approximate surface area is 150 Å². The van der Waals surface area contributed by atoms with E-state index in [1.807, 2.05) is 18.2 Å². The van der Waals surface area contributed by atoms with Gasteiger partial charge in [-0.2, -0.15) is 0 Å². The molecular weight excluding hydrogens is 330 g/mol. The normalized spacial score (nSPS) is 14.6. The highest BCUT2D eigenvalue weighted by Crippen LogP contribution is 2.24. The fourth-order valence-electron chi connectivity index (χ4n) is 2.67. The van der Waals surface area contributed by atoms with Crippen molar-refractivity contribution in [3.8, 4) is 0 Å². The monoisotopic (exact) mass is 347 g/mol. The SMILES string of the molecule is O=C(O[C@H](C(=O)NC1CC1)c1ccccc1)c1ccc2nccnc2c1. The predicted octanol–water partition coefficient (Wildman–Crippen LogP) is 2.81. The number of amides is 1. The van der Waals surface area contributed by atoms with Crippen LogP contribution in [-0.2, 0) is 9.53 Å². The number of carbonyl (C=O) groups excluding carboxylic acids is 2. The quantitative estimate of drug-likeness (QED) is 0.718. The minimum absolute atomic E-state index is 0.184. The molecule has 0 bridgehead atoms. The van der Waals surface area contributed by atoms with Crippen LogP contribution in [-0.4, -0.2) is 27.9 Å². The Morgan fingerprint density at radius 1 is 1.00 bits per heavy atom. The van der Waals surface area contributed by atoms with Gasteiger partial charge in [0.1, 0.15) is 0 Å². The molecule has 1 amide bonds. The Balaban J connectivity index is 1.59. The highest BCUT2D eigenvalue weighted by Gasteiger charge is 2.31. The van der Waals surface area contributed by atoms with Gasteiger partial charge in [-0.3, -0.25) is 14.8 Å². The first-order valence-corrected chi connectivity index (χ1v) is 8.48. The number of fused-ring (bicyclic) bond motifs is 1. The van der Waals surface area contributed by atoms with Gasteiger partial charge in [0.25, 0.3) is 5.91 Å². The lowest BCUT2D eigenvalue weighted by atomic mass is 10.1. The Morgan fingerprint density at radius 3 is 2.46 bits per heavy atom. The number of esters is 1. The maximum absolute atomic E-state index is 12.6. The average Bonchev–Trinajstić information content (AvgIpc) is 3.50. The Kier molecular flexibility index (Phi) is 4.31. The summed E-state index contributed by atoms with van der Waals surface area (Å²) in [6, 6.07) is 14.2. The number of nitrogens with zero attached hydrogens (tertiary/aromatic N) is 2. The van der Waals surface area contributed by atoms with E-state index in [4.69, 9.17) is 4.74 Å². The molecular formula is C20H17N3O3. The van der Waals surface area contributed by atoms with Crippen LogP contribution in [0.5, 0.6) is 0 Å². The van der Waals surface area contributed by atoms with Crippen LogP contribution < -0.4 is 5.32 Å². The lowest BCUT2D eigenvalue weighted by Gasteiger charge is -2.18. The van der Waals surface area contributed by atoms with E-state index < -0.39 is 12.1 Å². The smallest absolute Gasteiger partial charge is 0.339 e. The summed E-state index contributed by atoms with van der Waals surface area (Å²) < 4.78 is 5.56. The van der Waals surface area contributed by atoms with E-state index in [2.05, 4.69) is 15.3 Å². The molecule has 0 saturated heterocycles. The van der Waals surface area contributed by atoms with E-state index in [0.717, 1.165) is 12.8 Å². The van der Waals surface area contributed by atoms with E-state index in [1.165, 1.54) is 0 Å². The van der Waals surface area contributed by atoms with Crippen LogP contribution in [0.25, 0.3) is 11.0 Å². The third kappa shape index (κ3) is 3.54. The number of aromatic nitrogens is 2. The Morgan fingerprint density at radius 2 is 1.73 bits per heavy atom. The molecule has 0 unspecified atom stereocenters. The fraction of sp³-hybridized carbons (Fsp3) is 0.200. The number of rotatable bonds is 5. The number of carbonyl (C=O) groups is 2. The maximum atomic E-state index is 12.6. The zero-order valence-corrected chi connectivity index (χ0v) is 14.0. The van der Waals surface area contributed by atoms with Crippen molar-refractivity contribution in [3.63, 3.8) is 0 Å². The van der Waals surface area contributed by atoms with E-state index in [1.54, 1.807) is 42.7 Å². The summed E-state index contributed by atoms with van der Waals surface area (Å²) in [5, 5.41) is 2.90. The predicted molar refractivity (Wildman–Crippen MR) is 95.3 cm³/mol. The van der Waals surface area contributed by atoms with Gasteiger partial charge in [0.15, 0.2) is 0 Å². The van der Waals surface area contributed by atoms with Crippen molar-refractivity contribution >= 4 is 22.9 Å². The molecule has 0 aliphatic heterocycles. The van der Waals surface area contributed by atoms with Crippen LogP contribution in [0.2, 0.25) is 0 Å². The number of ether oxygens (including phenoxy) is 1. The molecule has 2 aromatic carbocycles. The summed E-state index contributed by atoms with van der Waals surface area (Å²) in [5.74, 6) is -0.870. The van der Waals surface area contributed by atoms with Crippen LogP contribution >= 0.6 is 0 Å². The second-order valence-corrected chi connectivity index (χ2v) is 6.24. The van der Waals surface area contributed by atoms with Crippen LogP contribution in [0.15, 0.2) is 60.9 Å². The lowest BCUT2D eigenvalue weighted by molar-refractivity contribution is -0.130. The first kappa shape index (κ1) is 16.2.